The summed E-state index contributed by atoms with van der Waals surface area (Å²) in [6.07, 6.45) is 1.97. The molecule has 3 heteroatoms. The molecule has 0 aliphatic heterocycles. The van der Waals surface area contributed by atoms with Crippen molar-refractivity contribution in [2.24, 2.45) is 5.92 Å². The maximum absolute atomic E-state index is 4.57. The van der Waals surface area contributed by atoms with E-state index in [-0.39, 0.29) is 0 Å². The van der Waals surface area contributed by atoms with E-state index in [1.165, 1.54) is 11.1 Å². The molecular formula is C14H25N3. The van der Waals surface area contributed by atoms with Gasteiger partial charge < -0.3 is 10.2 Å². The average Bonchev–Trinajstić information content (AvgIpc) is 2.25. The molecule has 0 saturated heterocycles. The summed E-state index contributed by atoms with van der Waals surface area (Å²) < 4.78 is 0. The SMILES string of the molecule is CCNCc1cnc(N(C)CC(C)C)c(C)c1. The number of pyridine rings is 1. The maximum atomic E-state index is 4.57. The van der Waals surface area contributed by atoms with Gasteiger partial charge in [-0.1, -0.05) is 20.8 Å². The minimum atomic E-state index is 0.655. The second-order valence-electron chi connectivity index (χ2n) is 5.04. The van der Waals surface area contributed by atoms with Crippen molar-refractivity contribution in [3.8, 4) is 0 Å². The Balaban J connectivity index is 2.74. The lowest BCUT2D eigenvalue weighted by atomic mass is 10.1. The number of nitrogens with one attached hydrogen (secondary N) is 1. The van der Waals surface area contributed by atoms with Crippen molar-refractivity contribution in [2.75, 3.05) is 25.0 Å². The number of aryl methyl sites for hydroxylation is 1. The molecule has 1 aromatic rings. The first-order valence-corrected chi connectivity index (χ1v) is 6.42. The van der Waals surface area contributed by atoms with Gasteiger partial charge in [0.1, 0.15) is 5.82 Å². The zero-order valence-electron chi connectivity index (χ0n) is 11.7. The summed E-state index contributed by atoms with van der Waals surface area (Å²) in [6, 6.07) is 2.22. The van der Waals surface area contributed by atoms with E-state index in [1.807, 2.05) is 6.20 Å². The van der Waals surface area contributed by atoms with E-state index >= 15 is 0 Å². The fourth-order valence-electron chi connectivity index (χ4n) is 2.03. The fourth-order valence-corrected chi connectivity index (χ4v) is 2.03. The molecule has 0 amide bonds. The molecule has 0 spiro atoms. The Bertz CT molecular complexity index is 347. The number of hydrogen-bond donors (Lipinski definition) is 1. The standard InChI is InChI=1S/C14H25N3/c1-6-15-8-13-7-12(4)14(16-9-13)17(5)10-11(2)3/h7,9,11,15H,6,8,10H2,1-5H3. The van der Waals surface area contributed by atoms with Crippen LogP contribution in [0.1, 0.15) is 31.9 Å². The van der Waals surface area contributed by atoms with Crippen molar-refractivity contribution < 1.29 is 0 Å². The highest BCUT2D eigenvalue weighted by Gasteiger charge is 2.08. The van der Waals surface area contributed by atoms with Crippen molar-refractivity contribution in [1.82, 2.24) is 10.3 Å². The van der Waals surface area contributed by atoms with E-state index in [4.69, 9.17) is 0 Å². The fraction of sp³-hybridized carbons (Fsp3) is 0.643. The Kier molecular flexibility index (Phi) is 5.42. The van der Waals surface area contributed by atoms with Gasteiger partial charge in [-0.15, -0.1) is 0 Å². The van der Waals surface area contributed by atoms with Crippen molar-refractivity contribution in [3.05, 3.63) is 23.4 Å². The lowest BCUT2D eigenvalue weighted by molar-refractivity contribution is 0.633. The normalized spacial score (nSPS) is 10.9. The molecule has 0 aliphatic carbocycles. The number of anilines is 1. The van der Waals surface area contributed by atoms with Crippen LogP contribution in [-0.2, 0) is 6.54 Å². The molecule has 1 heterocycles. The van der Waals surface area contributed by atoms with Crippen LogP contribution < -0.4 is 10.2 Å². The Hall–Kier alpha value is -1.09. The molecule has 0 aromatic carbocycles. The van der Waals surface area contributed by atoms with Crippen molar-refractivity contribution in [1.29, 1.82) is 0 Å². The van der Waals surface area contributed by atoms with Gasteiger partial charge in [-0.25, -0.2) is 4.98 Å². The second-order valence-corrected chi connectivity index (χ2v) is 5.04. The first-order valence-electron chi connectivity index (χ1n) is 6.42. The van der Waals surface area contributed by atoms with E-state index in [0.29, 0.717) is 5.92 Å². The molecule has 17 heavy (non-hydrogen) atoms. The summed E-state index contributed by atoms with van der Waals surface area (Å²) in [5, 5.41) is 3.32. The predicted molar refractivity (Wildman–Crippen MR) is 74.5 cm³/mol. The van der Waals surface area contributed by atoms with Crippen molar-refractivity contribution in [2.45, 2.75) is 34.2 Å². The number of aromatic nitrogens is 1. The van der Waals surface area contributed by atoms with E-state index in [9.17, 15) is 0 Å². The predicted octanol–water partition coefficient (Wildman–Crippen LogP) is 2.59. The van der Waals surface area contributed by atoms with Gasteiger partial charge in [0.25, 0.3) is 0 Å². The monoisotopic (exact) mass is 235 g/mol. The van der Waals surface area contributed by atoms with Crippen LogP contribution in [0.2, 0.25) is 0 Å². The van der Waals surface area contributed by atoms with E-state index < -0.39 is 0 Å². The largest absolute Gasteiger partial charge is 0.359 e. The van der Waals surface area contributed by atoms with Crippen molar-refractivity contribution >= 4 is 5.82 Å². The molecule has 3 nitrogen and oxygen atoms in total. The van der Waals surface area contributed by atoms with Gasteiger partial charge in [0, 0.05) is 26.3 Å². The third-order valence-corrected chi connectivity index (χ3v) is 2.69. The van der Waals surface area contributed by atoms with Crippen LogP contribution in [0.3, 0.4) is 0 Å². The van der Waals surface area contributed by atoms with Gasteiger partial charge in [-0.05, 0) is 36.6 Å². The van der Waals surface area contributed by atoms with Crippen LogP contribution >= 0.6 is 0 Å². The van der Waals surface area contributed by atoms with Gasteiger partial charge in [0.05, 0.1) is 0 Å². The molecule has 0 radical (unpaired) electrons. The first-order chi connectivity index (χ1) is 8.04. The van der Waals surface area contributed by atoms with Gasteiger partial charge in [-0.3, -0.25) is 0 Å². The minimum absolute atomic E-state index is 0.655. The minimum Gasteiger partial charge on any atom is -0.359 e. The average molecular weight is 235 g/mol. The molecule has 0 fully saturated rings. The Morgan fingerprint density at radius 2 is 2.12 bits per heavy atom. The molecule has 1 aromatic heterocycles. The van der Waals surface area contributed by atoms with Crippen LogP contribution in [-0.4, -0.2) is 25.1 Å². The van der Waals surface area contributed by atoms with E-state index in [1.54, 1.807) is 0 Å². The lowest BCUT2D eigenvalue weighted by Gasteiger charge is -2.22. The smallest absolute Gasteiger partial charge is 0.131 e. The highest BCUT2D eigenvalue weighted by Crippen LogP contribution is 2.17. The molecule has 0 saturated carbocycles. The Labute approximate surface area is 105 Å². The van der Waals surface area contributed by atoms with Gasteiger partial charge in [-0.2, -0.15) is 0 Å². The first kappa shape index (κ1) is 14.0. The molecule has 0 bridgehead atoms. The maximum Gasteiger partial charge on any atom is 0.131 e. The molecule has 1 rings (SSSR count). The van der Waals surface area contributed by atoms with Crippen LogP contribution in [0, 0.1) is 12.8 Å². The summed E-state index contributed by atoms with van der Waals surface area (Å²) in [4.78, 5) is 6.80. The van der Waals surface area contributed by atoms with Crippen LogP contribution in [0.5, 0.6) is 0 Å². The third-order valence-electron chi connectivity index (χ3n) is 2.69. The summed E-state index contributed by atoms with van der Waals surface area (Å²) in [7, 11) is 2.11. The van der Waals surface area contributed by atoms with Gasteiger partial charge in [0.15, 0.2) is 0 Å². The summed E-state index contributed by atoms with van der Waals surface area (Å²) >= 11 is 0. The highest BCUT2D eigenvalue weighted by atomic mass is 15.2. The summed E-state index contributed by atoms with van der Waals surface area (Å²) in [5.41, 5.74) is 2.51. The lowest BCUT2D eigenvalue weighted by Crippen LogP contribution is -2.24. The van der Waals surface area contributed by atoms with Crippen LogP contribution in [0.15, 0.2) is 12.3 Å². The van der Waals surface area contributed by atoms with Crippen LogP contribution in [0.25, 0.3) is 0 Å². The van der Waals surface area contributed by atoms with E-state index in [2.05, 4.69) is 56.0 Å². The molecular weight excluding hydrogens is 210 g/mol. The van der Waals surface area contributed by atoms with Crippen molar-refractivity contribution in [3.63, 3.8) is 0 Å². The topological polar surface area (TPSA) is 28.2 Å². The zero-order chi connectivity index (χ0) is 12.8. The summed E-state index contributed by atoms with van der Waals surface area (Å²) in [6.45, 7) is 11.6. The molecule has 96 valence electrons. The van der Waals surface area contributed by atoms with Gasteiger partial charge >= 0.3 is 0 Å². The van der Waals surface area contributed by atoms with Gasteiger partial charge in [0.2, 0.25) is 0 Å². The molecule has 0 atom stereocenters. The zero-order valence-corrected chi connectivity index (χ0v) is 11.7. The summed E-state index contributed by atoms with van der Waals surface area (Å²) in [5.74, 6) is 1.75. The molecule has 0 unspecified atom stereocenters. The Morgan fingerprint density at radius 3 is 2.65 bits per heavy atom. The molecule has 0 aliphatic rings. The quantitative estimate of drug-likeness (QED) is 0.821. The van der Waals surface area contributed by atoms with E-state index in [0.717, 1.165) is 25.5 Å². The number of rotatable bonds is 6. The molecule has 1 N–H and O–H groups in total. The Morgan fingerprint density at radius 1 is 1.41 bits per heavy atom. The number of hydrogen-bond acceptors (Lipinski definition) is 3. The number of nitrogens with zero attached hydrogens (tertiary/aromatic N) is 2. The third kappa shape index (κ3) is 4.35. The van der Waals surface area contributed by atoms with Crippen LogP contribution in [0.4, 0.5) is 5.82 Å². The second kappa shape index (κ2) is 6.60. The highest BCUT2D eigenvalue weighted by molar-refractivity contribution is 5.46.